The van der Waals surface area contributed by atoms with Gasteiger partial charge in [-0.1, -0.05) is 30.3 Å². The maximum atomic E-state index is 12.1. The molecule has 1 N–H and O–H groups in total. The van der Waals surface area contributed by atoms with E-state index >= 15 is 0 Å². The lowest BCUT2D eigenvalue weighted by atomic mass is 9.68. The molecule has 1 spiro atoms. The molecule has 2 aliphatic heterocycles. The predicted molar refractivity (Wildman–Crippen MR) is 105 cm³/mol. The number of methoxy groups -OCH3 is 1. The van der Waals surface area contributed by atoms with E-state index in [-0.39, 0.29) is 23.5 Å². The average Bonchev–Trinajstić information content (AvgIpc) is 3.62. The molecular weight excluding hydrogens is 398 g/mol. The normalized spacial score (nSPS) is 37.8. The maximum Gasteiger partial charge on any atom is 0.414 e. The Kier molecular flexibility index (Phi) is 5.59. The smallest absolute Gasteiger partial charge is 0.414 e. The van der Waals surface area contributed by atoms with Gasteiger partial charge in [-0.05, 0) is 25.3 Å². The number of amides is 2. The molecule has 4 rings (SSSR count). The Hall–Kier alpha value is -1.67. The summed E-state index contributed by atoms with van der Waals surface area (Å²) >= 11 is 5.44. The van der Waals surface area contributed by atoms with Gasteiger partial charge in [0.25, 0.3) is 0 Å². The molecule has 1 aromatic carbocycles. The number of nitrogens with one attached hydrogen (secondary N) is 1. The number of ether oxygens (including phenoxy) is 4. The van der Waals surface area contributed by atoms with Crippen molar-refractivity contribution in [3.8, 4) is 0 Å². The molecule has 3 fully saturated rings. The van der Waals surface area contributed by atoms with E-state index in [1.807, 2.05) is 18.2 Å². The van der Waals surface area contributed by atoms with Crippen molar-refractivity contribution in [2.24, 2.45) is 5.92 Å². The topological polar surface area (TPSA) is 89.7 Å². The van der Waals surface area contributed by atoms with E-state index in [1.165, 1.54) is 5.56 Å². The molecule has 158 valence electrons. The van der Waals surface area contributed by atoms with Gasteiger partial charge >= 0.3 is 6.09 Å². The number of carbonyl (C=O) groups is 2. The largest absolute Gasteiger partial charge is 0.443 e. The Morgan fingerprint density at radius 2 is 2.03 bits per heavy atom. The first-order chi connectivity index (χ1) is 13.9. The molecule has 1 saturated carbocycles. The molecular formula is C21H26ClNO6. The number of carbonyl (C=O) groups excluding carboxylic acids is 2. The SMILES string of the molecule is CO[C@@H]1[C@H](OC(=O)NC(=O)CCl)CC[C@]2(CO2)[C@H]1[C@@]1(C)O[C@@H]1Cc1ccccc1. The van der Waals surface area contributed by atoms with Gasteiger partial charge in [-0.25, -0.2) is 4.79 Å². The first kappa shape index (κ1) is 20.6. The first-order valence-corrected chi connectivity index (χ1v) is 10.4. The summed E-state index contributed by atoms with van der Waals surface area (Å²) in [5, 5.41) is 2.12. The number of alkyl carbamates (subject to hydrolysis) is 1. The van der Waals surface area contributed by atoms with Gasteiger partial charge in [-0.3, -0.25) is 10.1 Å². The molecule has 0 radical (unpaired) electrons. The van der Waals surface area contributed by atoms with Crippen molar-refractivity contribution in [3.05, 3.63) is 35.9 Å². The summed E-state index contributed by atoms with van der Waals surface area (Å²) in [5.74, 6) is -0.982. The molecule has 0 unspecified atom stereocenters. The molecule has 0 bridgehead atoms. The van der Waals surface area contributed by atoms with Gasteiger partial charge in [0.1, 0.15) is 29.3 Å². The summed E-state index contributed by atoms with van der Waals surface area (Å²) in [7, 11) is 1.61. The quantitative estimate of drug-likeness (QED) is 0.558. The van der Waals surface area contributed by atoms with Crippen LogP contribution >= 0.6 is 11.6 Å². The van der Waals surface area contributed by atoms with Gasteiger partial charge in [0.05, 0.1) is 18.6 Å². The molecule has 1 aromatic rings. The zero-order valence-corrected chi connectivity index (χ0v) is 17.3. The van der Waals surface area contributed by atoms with Crippen LogP contribution in [0.25, 0.3) is 0 Å². The first-order valence-electron chi connectivity index (χ1n) is 9.87. The van der Waals surface area contributed by atoms with Crippen molar-refractivity contribution in [1.82, 2.24) is 5.32 Å². The average molecular weight is 424 g/mol. The number of epoxide rings is 2. The second-order valence-electron chi connectivity index (χ2n) is 8.18. The van der Waals surface area contributed by atoms with E-state index in [0.717, 1.165) is 12.8 Å². The summed E-state index contributed by atoms with van der Waals surface area (Å²) in [6.07, 6.45) is 0.481. The minimum atomic E-state index is -0.809. The summed E-state index contributed by atoms with van der Waals surface area (Å²) < 4.78 is 23.4. The molecule has 29 heavy (non-hydrogen) atoms. The minimum Gasteiger partial charge on any atom is -0.443 e. The molecule has 2 saturated heterocycles. The summed E-state index contributed by atoms with van der Waals surface area (Å²) in [6, 6.07) is 10.2. The van der Waals surface area contributed by atoms with Crippen LogP contribution in [0.5, 0.6) is 0 Å². The Bertz CT molecular complexity index is 770. The van der Waals surface area contributed by atoms with E-state index < -0.39 is 29.8 Å². The van der Waals surface area contributed by atoms with Crippen molar-refractivity contribution in [3.63, 3.8) is 0 Å². The monoisotopic (exact) mass is 423 g/mol. The van der Waals surface area contributed by atoms with E-state index in [2.05, 4.69) is 24.4 Å². The van der Waals surface area contributed by atoms with Crippen LogP contribution in [0.2, 0.25) is 0 Å². The third-order valence-electron chi connectivity index (χ3n) is 6.38. The Morgan fingerprint density at radius 1 is 1.31 bits per heavy atom. The van der Waals surface area contributed by atoms with Crippen LogP contribution in [0.4, 0.5) is 4.79 Å². The highest BCUT2D eigenvalue weighted by molar-refractivity contribution is 6.28. The van der Waals surface area contributed by atoms with Crippen molar-refractivity contribution in [2.45, 2.75) is 55.7 Å². The predicted octanol–water partition coefficient (Wildman–Crippen LogP) is 2.44. The molecule has 2 heterocycles. The fraction of sp³-hybridized carbons (Fsp3) is 0.619. The van der Waals surface area contributed by atoms with Crippen LogP contribution in [-0.4, -0.2) is 61.1 Å². The molecule has 0 aromatic heterocycles. The second kappa shape index (κ2) is 7.87. The van der Waals surface area contributed by atoms with Crippen LogP contribution in [0, 0.1) is 5.92 Å². The van der Waals surface area contributed by atoms with Gasteiger partial charge in [-0.2, -0.15) is 0 Å². The van der Waals surface area contributed by atoms with Crippen LogP contribution < -0.4 is 5.32 Å². The van der Waals surface area contributed by atoms with Crippen molar-refractivity contribution in [1.29, 1.82) is 0 Å². The summed E-state index contributed by atoms with van der Waals surface area (Å²) in [5.41, 5.74) is 0.476. The third-order valence-corrected chi connectivity index (χ3v) is 6.62. The van der Waals surface area contributed by atoms with Crippen LogP contribution in [0.1, 0.15) is 25.3 Å². The van der Waals surface area contributed by atoms with Crippen LogP contribution in [0.3, 0.4) is 0 Å². The number of hydrogen-bond acceptors (Lipinski definition) is 6. The molecule has 3 aliphatic rings. The number of alkyl halides is 1. The van der Waals surface area contributed by atoms with E-state index in [1.54, 1.807) is 7.11 Å². The standard InChI is InChI=1S/C21H26ClNO6/c1-20(15(29-20)10-13-6-4-3-5-7-13)18-17(26-2)14(8-9-21(18)12-27-21)28-19(25)23-16(24)11-22/h3-7,14-15,17-18H,8-12H2,1-2H3,(H,23,24,25)/t14-,15-,17-,18-,20+,21+/m1/s1. The highest BCUT2D eigenvalue weighted by atomic mass is 35.5. The Balaban J connectivity index is 1.48. The lowest BCUT2D eigenvalue weighted by Crippen LogP contribution is -2.56. The Labute approximate surface area is 175 Å². The second-order valence-corrected chi connectivity index (χ2v) is 8.44. The van der Waals surface area contributed by atoms with Gasteiger partial charge in [0.15, 0.2) is 0 Å². The number of benzene rings is 1. The van der Waals surface area contributed by atoms with Crippen LogP contribution in [0.15, 0.2) is 30.3 Å². The lowest BCUT2D eigenvalue weighted by Gasteiger charge is -2.42. The van der Waals surface area contributed by atoms with Gasteiger partial charge in [-0.15, -0.1) is 11.6 Å². The van der Waals surface area contributed by atoms with Gasteiger partial charge in [0, 0.05) is 13.5 Å². The van der Waals surface area contributed by atoms with E-state index in [9.17, 15) is 9.59 Å². The molecule has 6 atom stereocenters. The fourth-order valence-corrected chi connectivity index (χ4v) is 4.90. The third kappa shape index (κ3) is 4.01. The van der Waals surface area contributed by atoms with E-state index in [0.29, 0.717) is 13.0 Å². The Morgan fingerprint density at radius 3 is 2.66 bits per heavy atom. The molecule has 7 nitrogen and oxygen atoms in total. The number of imide groups is 1. The summed E-state index contributed by atoms with van der Waals surface area (Å²) in [6.45, 7) is 2.73. The number of halogens is 1. The highest BCUT2D eigenvalue weighted by Gasteiger charge is 2.72. The van der Waals surface area contributed by atoms with E-state index in [4.69, 9.17) is 30.5 Å². The minimum absolute atomic E-state index is 0.0408. The van der Waals surface area contributed by atoms with Gasteiger partial charge < -0.3 is 18.9 Å². The summed E-state index contributed by atoms with van der Waals surface area (Å²) in [4.78, 5) is 23.4. The highest BCUT2D eigenvalue weighted by Crippen LogP contribution is 2.59. The zero-order chi connectivity index (χ0) is 20.6. The lowest BCUT2D eigenvalue weighted by molar-refractivity contribution is -0.124. The molecule has 2 amide bonds. The van der Waals surface area contributed by atoms with Crippen molar-refractivity contribution < 1.29 is 28.5 Å². The fourth-order valence-electron chi connectivity index (χ4n) is 4.83. The van der Waals surface area contributed by atoms with Crippen molar-refractivity contribution >= 4 is 23.6 Å². The molecule has 1 aliphatic carbocycles. The van der Waals surface area contributed by atoms with Crippen LogP contribution in [-0.2, 0) is 30.2 Å². The maximum absolute atomic E-state index is 12.1. The van der Waals surface area contributed by atoms with Crippen molar-refractivity contribution in [2.75, 3.05) is 19.6 Å². The molecule has 8 heteroatoms. The van der Waals surface area contributed by atoms with Gasteiger partial charge in [0.2, 0.25) is 5.91 Å². The zero-order valence-electron chi connectivity index (χ0n) is 16.6. The number of hydrogen-bond donors (Lipinski definition) is 1. The number of rotatable bonds is 6.